The summed E-state index contributed by atoms with van der Waals surface area (Å²) in [7, 11) is 0. The number of halogens is 3. The minimum Gasteiger partial charge on any atom is -0.488 e. The first-order valence-corrected chi connectivity index (χ1v) is 11.6. The van der Waals surface area contributed by atoms with Crippen LogP contribution in [0.15, 0.2) is 47.6 Å². The van der Waals surface area contributed by atoms with E-state index in [0.717, 1.165) is 31.5 Å². The second kappa shape index (κ2) is 12.2. The fourth-order valence-electron chi connectivity index (χ4n) is 4.52. The minimum absolute atomic E-state index is 0.0635. The minimum atomic E-state index is -4.41. The van der Waals surface area contributed by atoms with Crippen LogP contribution in [0.4, 0.5) is 13.2 Å². The van der Waals surface area contributed by atoms with Gasteiger partial charge in [0, 0.05) is 32.3 Å². The average Bonchev–Trinajstić information content (AvgIpc) is 3.21. The molecule has 1 aromatic rings. The molecule has 0 spiro atoms. The predicted molar refractivity (Wildman–Crippen MR) is 123 cm³/mol. The highest BCUT2D eigenvalue weighted by Crippen LogP contribution is 2.36. The van der Waals surface area contributed by atoms with E-state index < -0.39 is 12.8 Å². The molecule has 6 nitrogen and oxygen atoms in total. The van der Waals surface area contributed by atoms with E-state index in [9.17, 15) is 18.4 Å². The summed E-state index contributed by atoms with van der Waals surface area (Å²) in [6, 6.07) is 8.99. The number of alkyl halides is 3. The third-order valence-corrected chi connectivity index (χ3v) is 5.95. The van der Waals surface area contributed by atoms with E-state index in [-0.39, 0.29) is 42.7 Å². The SMILES string of the molecule is C[C@H](CC1=CC(C#N)C2C(=C1)CCN2CCCO)NCCOc1ccccc1OCC(F)(F)F. The number of allylic oxidation sites excluding steroid dienone is 1. The Kier molecular flexibility index (Phi) is 9.39. The molecule has 3 atom stereocenters. The van der Waals surface area contributed by atoms with Gasteiger partial charge in [-0.25, -0.2) is 0 Å². The number of rotatable bonds is 12. The summed E-state index contributed by atoms with van der Waals surface area (Å²) in [5.74, 6) is 0.143. The maximum absolute atomic E-state index is 12.4. The Balaban J connectivity index is 1.46. The van der Waals surface area contributed by atoms with E-state index >= 15 is 0 Å². The average molecular weight is 480 g/mol. The number of fused-ring (bicyclic) bond motifs is 1. The lowest BCUT2D eigenvalue weighted by Gasteiger charge is -2.30. The molecule has 34 heavy (non-hydrogen) atoms. The van der Waals surface area contributed by atoms with E-state index in [1.54, 1.807) is 18.2 Å². The molecule has 2 aliphatic rings. The van der Waals surface area contributed by atoms with E-state index in [1.165, 1.54) is 11.6 Å². The Bertz CT molecular complexity index is 911. The normalized spacial score (nSPS) is 21.3. The molecule has 2 unspecified atom stereocenters. The zero-order valence-corrected chi connectivity index (χ0v) is 19.4. The second-order valence-corrected chi connectivity index (χ2v) is 8.68. The monoisotopic (exact) mass is 479 g/mol. The van der Waals surface area contributed by atoms with Crippen molar-refractivity contribution in [1.29, 1.82) is 5.26 Å². The Morgan fingerprint density at radius 1 is 1.26 bits per heavy atom. The zero-order valence-electron chi connectivity index (χ0n) is 19.4. The number of benzene rings is 1. The van der Waals surface area contributed by atoms with E-state index in [4.69, 9.17) is 14.6 Å². The number of para-hydroxylation sites is 2. The molecule has 186 valence electrons. The van der Waals surface area contributed by atoms with Crippen LogP contribution in [0, 0.1) is 17.2 Å². The highest BCUT2D eigenvalue weighted by atomic mass is 19.4. The smallest absolute Gasteiger partial charge is 0.422 e. The van der Waals surface area contributed by atoms with Gasteiger partial charge in [0.1, 0.15) is 6.61 Å². The van der Waals surface area contributed by atoms with Crippen molar-refractivity contribution in [2.75, 3.05) is 39.5 Å². The predicted octanol–water partition coefficient (Wildman–Crippen LogP) is 3.84. The topological polar surface area (TPSA) is 77.8 Å². The van der Waals surface area contributed by atoms with Crippen LogP contribution in [0.5, 0.6) is 11.5 Å². The Hall–Kier alpha value is -2.54. The molecule has 0 saturated carbocycles. The van der Waals surface area contributed by atoms with Gasteiger partial charge in [0.05, 0.1) is 18.0 Å². The van der Waals surface area contributed by atoms with Crippen LogP contribution < -0.4 is 14.8 Å². The standard InChI is InChI=1S/C25H32F3N3O3/c1-18(30-8-12-33-22-5-2-3-6-23(22)34-17-25(26,27)28)13-19-14-20-7-10-31(9-4-11-32)24(20)21(15-19)16-29/h2-3,5-6,14-15,18,21,24,30,32H,4,7-13,17H2,1H3/t18-,21?,24?/m1/s1. The molecule has 0 radical (unpaired) electrons. The highest BCUT2D eigenvalue weighted by Gasteiger charge is 2.36. The van der Waals surface area contributed by atoms with E-state index in [2.05, 4.69) is 29.3 Å². The molecular weight excluding hydrogens is 447 g/mol. The molecule has 1 aliphatic carbocycles. The van der Waals surface area contributed by atoms with Crippen molar-refractivity contribution >= 4 is 0 Å². The van der Waals surface area contributed by atoms with Gasteiger partial charge in [0.2, 0.25) is 0 Å². The van der Waals surface area contributed by atoms with Crippen molar-refractivity contribution in [1.82, 2.24) is 10.2 Å². The third-order valence-electron chi connectivity index (χ3n) is 5.95. The summed E-state index contributed by atoms with van der Waals surface area (Å²) in [6.07, 6.45) is 2.26. The first-order chi connectivity index (χ1) is 16.3. The molecule has 0 amide bonds. The number of hydrogen-bond acceptors (Lipinski definition) is 6. The lowest BCUT2D eigenvalue weighted by Crippen LogP contribution is -2.38. The summed E-state index contributed by atoms with van der Waals surface area (Å²) in [4.78, 5) is 2.29. The van der Waals surface area contributed by atoms with Crippen LogP contribution in [0.3, 0.4) is 0 Å². The molecule has 1 fully saturated rings. The van der Waals surface area contributed by atoms with Gasteiger partial charge in [-0.3, -0.25) is 4.90 Å². The lowest BCUT2D eigenvalue weighted by atomic mass is 9.85. The van der Waals surface area contributed by atoms with Crippen LogP contribution in [-0.4, -0.2) is 67.7 Å². The van der Waals surface area contributed by atoms with Gasteiger partial charge in [0.15, 0.2) is 18.1 Å². The first kappa shape index (κ1) is 26.1. The van der Waals surface area contributed by atoms with Crippen LogP contribution in [0.2, 0.25) is 0 Å². The fraction of sp³-hybridized carbons (Fsp3) is 0.560. The van der Waals surface area contributed by atoms with Gasteiger partial charge in [-0.15, -0.1) is 0 Å². The number of nitrogens with zero attached hydrogens (tertiary/aromatic N) is 2. The van der Waals surface area contributed by atoms with Crippen LogP contribution in [-0.2, 0) is 0 Å². The largest absolute Gasteiger partial charge is 0.488 e. The van der Waals surface area contributed by atoms with Crippen molar-refractivity contribution < 1.29 is 27.8 Å². The quantitative estimate of drug-likeness (QED) is 0.444. The Labute approximate surface area is 198 Å². The van der Waals surface area contributed by atoms with Crippen LogP contribution in [0.25, 0.3) is 0 Å². The third kappa shape index (κ3) is 7.49. The number of nitriles is 1. The van der Waals surface area contributed by atoms with Crippen molar-refractivity contribution in [2.24, 2.45) is 5.92 Å². The molecule has 1 heterocycles. The van der Waals surface area contributed by atoms with E-state index in [1.807, 2.05) is 6.08 Å². The molecule has 1 saturated heterocycles. The van der Waals surface area contributed by atoms with Crippen molar-refractivity contribution in [3.05, 3.63) is 47.6 Å². The van der Waals surface area contributed by atoms with Gasteiger partial charge in [-0.1, -0.05) is 24.3 Å². The lowest BCUT2D eigenvalue weighted by molar-refractivity contribution is -0.153. The summed E-state index contributed by atoms with van der Waals surface area (Å²) in [5.41, 5.74) is 2.42. The zero-order chi connectivity index (χ0) is 24.6. The molecular formula is C25H32F3N3O3. The number of hydrogen-bond donors (Lipinski definition) is 2. The molecule has 0 aromatic heterocycles. The number of ether oxygens (including phenoxy) is 2. The van der Waals surface area contributed by atoms with Gasteiger partial charge >= 0.3 is 6.18 Å². The fourth-order valence-corrected chi connectivity index (χ4v) is 4.52. The molecule has 1 aromatic carbocycles. The highest BCUT2D eigenvalue weighted by molar-refractivity contribution is 5.40. The number of likely N-dealkylation sites (tertiary alicyclic amines) is 1. The van der Waals surface area contributed by atoms with Crippen molar-refractivity contribution in [3.8, 4) is 17.6 Å². The summed E-state index contributed by atoms with van der Waals surface area (Å²) < 4.78 is 47.8. The molecule has 9 heteroatoms. The summed E-state index contributed by atoms with van der Waals surface area (Å²) in [5, 5.41) is 22.2. The first-order valence-electron chi connectivity index (χ1n) is 11.6. The second-order valence-electron chi connectivity index (χ2n) is 8.68. The number of nitrogens with one attached hydrogen (secondary N) is 1. The van der Waals surface area contributed by atoms with Crippen LogP contribution >= 0.6 is 0 Å². The van der Waals surface area contributed by atoms with Gasteiger partial charge in [0.25, 0.3) is 0 Å². The maximum Gasteiger partial charge on any atom is 0.422 e. The Morgan fingerprint density at radius 3 is 2.68 bits per heavy atom. The molecule has 2 N–H and O–H groups in total. The van der Waals surface area contributed by atoms with Crippen molar-refractivity contribution in [3.63, 3.8) is 0 Å². The number of aliphatic hydroxyl groups is 1. The molecule has 3 rings (SSSR count). The summed E-state index contributed by atoms with van der Waals surface area (Å²) in [6.45, 7) is 3.33. The van der Waals surface area contributed by atoms with Gasteiger partial charge < -0.3 is 19.9 Å². The summed E-state index contributed by atoms with van der Waals surface area (Å²) >= 11 is 0. The van der Waals surface area contributed by atoms with Gasteiger partial charge in [-0.05, 0) is 49.5 Å². The van der Waals surface area contributed by atoms with E-state index in [0.29, 0.717) is 13.0 Å². The number of aliphatic hydroxyl groups excluding tert-OH is 1. The molecule has 0 bridgehead atoms. The Morgan fingerprint density at radius 2 is 2.00 bits per heavy atom. The maximum atomic E-state index is 12.4. The van der Waals surface area contributed by atoms with Crippen molar-refractivity contribution in [2.45, 2.75) is 44.4 Å². The van der Waals surface area contributed by atoms with Gasteiger partial charge in [-0.2, -0.15) is 18.4 Å². The van der Waals surface area contributed by atoms with Crippen LogP contribution in [0.1, 0.15) is 26.2 Å². The molecule has 1 aliphatic heterocycles.